The Morgan fingerprint density at radius 3 is 2.35 bits per heavy atom. The van der Waals surface area contributed by atoms with Crippen LogP contribution in [0.25, 0.3) is 0 Å². The molecule has 1 aliphatic rings. The van der Waals surface area contributed by atoms with Crippen LogP contribution in [0.3, 0.4) is 0 Å². The highest BCUT2D eigenvalue weighted by Crippen LogP contribution is 2.28. The third kappa shape index (κ3) is 2.86. The maximum atomic E-state index is 11.8. The van der Waals surface area contributed by atoms with Gasteiger partial charge in [-0.05, 0) is 32.3 Å². The molecule has 0 aliphatic carbocycles. The lowest BCUT2D eigenvalue weighted by atomic mass is 9.87. The van der Waals surface area contributed by atoms with Gasteiger partial charge in [-0.2, -0.15) is 0 Å². The molecule has 1 heterocycles. The van der Waals surface area contributed by atoms with Crippen LogP contribution >= 0.6 is 0 Å². The number of hydrogen-bond donors (Lipinski definition) is 2. The first kappa shape index (κ1) is 15.0. The molecule has 1 fully saturated rings. The molecule has 0 bridgehead atoms. The minimum absolute atomic E-state index is 0.356. The number of likely N-dealkylation sites (tertiary alicyclic amines) is 1. The van der Waals surface area contributed by atoms with E-state index in [0.717, 1.165) is 12.8 Å². The second kappa shape index (κ2) is 5.94. The molecule has 0 saturated carbocycles. The van der Waals surface area contributed by atoms with Gasteiger partial charge in [0, 0.05) is 18.6 Å². The van der Waals surface area contributed by atoms with Gasteiger partial charge in [-0.25, -0.2) is 4.79 Å². The largest absolute Gasteiger partial charge is 0.480 e. The quantitative estimate of drug-likeness (QED) is 0.884. The highest BCUT2D eigenvalue weighted by atomic mass is 16.4. The molecule has 4 heteroatoms. The van der Waals surface area contributed by atoms with Gasteiger partial charge in [0.2, 0.25) is 0 Å². The molecule has 3 atom stereocenters. The minimum atomic E-state index is -1.35. The molecule has 1 aromatic rings. The Bertz CT molecular complexity index is 453. The van der Waals surface area contributed by atoms with Gasteiger partial charge < -0.3 is 10.8 Å². The number of aliphatic carboxylic acids is 1. The van der Waals surface area contributed by atoms with Crippen molar-refractivity contribution in [3.05, 3.63) is 35.9 Å². The number of rotatable bonds is 4. The third-order valence-electron chi connectivity index (χ3n) is 4.48. The van der Waals surface area contributed by atoms with Crippen molar-refractivity contribution in [2.75, 3.05) is 6.54 Å². The molecule has 0 aromatic heterocycles. The Hall–Kier alpha value is -1.39. The standard InChI is InChI=1S/C16H24N2O2/c1-12-7-6-8-13(2)18(12)11-16(17,15(19)20)14-9-4-3-5-10-14/h3-5,9-10,12-13H,6-8,11,17H2,1-2H3,(H,19,20). The van der Waals surface area contributed by atoms with Crippen molar-refractivity contribution >= 4 is 5.97 Å². The van der Waals surface area contributed by atoms with Gasteiger partial charge >= 0.3 is 5.97 Å². The van der Waals surface area contributed by atoms with Crippen molar-refractivity contribution in [2.24, 2.45) is 5.73 Å². The van der Waals surface area contributed by atoms with E-state index in [1.807, 2.05) is 18.2 Å². The van der Waals surface area contributed by atoms with Gasteiger partial charge in [-0.3, -0.25) is 4.90 Å². The summed E-state index contributed by atoms with van der Waals surface area (Å²) in [6, 6.07) is 9.90. The maximum Gasteiger partial charge on any atom is 0.329 e. The van der Waals surface area contributed by atoms with E-state index in [-0.39, 0.29) is 0 Å². The van der Waals surface area contributed by atoms with Gasteiger partial charge in [-0.1, -0.05) is 36.8 Å². The van der Waals surface area contributed by atoms with Gasteiger partial charge in [0.15, 0.2) is 5.54 Å². The molecular weight excluding hydrogens is 252 g/mol. The maximum absolute atomic E-state index is 11.8. The average molecular weight is 276 g/mol. The molecule has 20 heavy (non-hydrogen) atoms. The SMILES string of the molecule is CC1CCCC(C)N1CC(N)(C(=O)O)c1ccccc1. The van der Waals surface area contributed by atoms with Crippen molar-refractivity contribution in [3.8, 4) is 0 Å². The zero-order valence-corrected chi connectivity index (χ0v) is 12.2. The molecular formula is C16H24N2O2. The molecule has 1 aliphatic heterocycles. The first-order valence-corrected chi connectivity index (χ1v) is 7.28. The predicted octanol–water partition coefficient (Wildman–Crippen LogP) is 2.19. The van der Waals surface area contributed by atoms with E-state index in [2.05, 4.69) is 18.7 Å². The van der Waals surface area contributed by atoms with Crippen LogP contribution in [0.4, 0.5) is 0 Å². The molecule has 4 nitrogen and oxygen atoms in total. The van der Waals surface area contributed by atoms with Crippen molar-refractivity contribution in [3.63, 3.8) is 0 Å². The number of nitrogens with two attached hydrogens (primary N) is 1. The Morgan fingerprint density at radius 1 is 1.30 bits per heavy atom. The topological polar surface area (TPSA) is 66.6 Å². The van der Waals surface area contributed by atoms with E-state index in [1.165, 1.54) is 6.42 Å². The molecule has 0 amide bonds. The summed E-state index contributed by atoms with van der Waals surface area (Å²) in [6.45, 7) is 4.67. The lowest BCUT2D eigenvalue weighted by Crippen LogP contribution is -2.58. The van der Waals surface area contributed by atoms with E-state index in [0.29, 0.717) is 24.2 Å². The van der Waals surface area contributed by atoms with Crippen LogP contribution < -0.4 is 5.73 Å². The number of carboxylic acids is 1. The second-order valence-corrected chi connectivity index (χ2v) is 5.94. The predicted molar refractivity (Wildman–Crippen MR) is 79.4 cm³/mol. The Labute approximate surface area is 120 Å². The fraction of sp³-hybridized carbons (Fsp3) is 0.562. The Kier molecular flexibility index (Phi) is 4.45. The van der Waals surface area contributed by atoms with Crippen molar-refractivity contribution < 1.29 is 9.90 Å². The van der Waals surface area contributed by atoms with Crippen molar-refractivity contribution in [1.29, 1.82) is 0 Å². The second-order valence-electron chi connectivity index (χ2n) is 5.94. The molecule has 110 valence electrons. The summed E-state index contributed by atoms with van der Waals surface area (Å²) < 4.78 is 0. The number of benzene rings is 1. The lowest BCUT2D eigenvalue weighted by Gasteiger charge is -2.43. The van der Waals surface area contributed by atoms with Crippen molar-refractivity contribution in [2.45, 2.75) is 50.7 Å². The van der Waals surface area contributed by atoms with Gasteiger partial charge in [-0.15, -0.1) is 0 Å². The molecule has 1 saturated heterocycles. The molecule has 2 rings (SSSR count). The zero-order valence-electron chi connectivity index (χ0n) is 12.2. The number of nitrogens with zero attached hydrogens (tertiary/aromatic N) is 1. The summed E-state index contributed by atoms with van der Waals surface area (Å²) in [7, 11) is 0. The smallest absolute Gasteiger partial charge is 0.329 e. The highest BCUT2D eigenvalue weighted by molar-refractivity contribution is 5.80. The Balaban J connectivity index is 2.28. The first-order valence-electron chi connectivity index (χ1n) is 7.28. The summed E-state index contributed by atoms with van der Waals surface area (Å²) >= 11 is 0. The lowest BCUT2D eigenvalue weighted by molar-refractivity contribution is -0.145. The van der Waals surface area contributed by atoms with E-state index in [9.17, 15) is 9.90 Å². The van der Waals surface area contributed by atoms with Gasteiger partial charge in [0.1, 0.15) is 0 Å². The fourth-order valence-corrected chi connectivity index (χ4v) is 3.09. The summed E-state index contributed by atoms with van der Waals surface area (Å²) in [6.07, 6.45) is 3.42. The van der Waals surface area contributed by atoms with Crippen LogP contribution in [0, 0.1) is 0 Å². The minimum Gasteiger partial charge on any atom is -0.480 e. The fourth-order valence-electron chi connectivity index (χ4n) is 3.09. The van der Waals surface area contributed by atoms with Crippen LogP contribution in [0.15, 0.2) is 30.3 Å². The van der Waals surface area contributed by atoms with Crippen LogP contribution in [0.1, 0.15) is 38.7 Å². The summed E-state index contributed by atoms with van der Waals surface area (Å²) in [5.41, 5.74) is 5.59. The third-order valence-corrected chi connectivity index (χ3v) is 4.48. The van der Waals surface area contributed by atoms with E-state index in [1.54, 1.807) is 12.1 Å². The summed E-state index contributed by atoms with van der Waals surface area (Å²) in [5.74, 6) is -0.964. The highest BCUT2D eigenvalue weighted by Gasteiger charge is 2.40. The van der Waals surface area contributed by atoms with Crippen molar-refractivity contribution in [1.82, 2.24) is 4.90 Å². The summed E-state index contributed by atoms with van der Waals surface area (Å²) in [4.78, 5) is 14.0. The van der Waals surface area contributed by atoms with Gasteiger partial charge in [0.05, 0.1) is 0 Å². The van der Waals surface area contributed by atoms with Crippen LogP contribution in [-0.4, -0.2) is 34.6 Å². The molecule has 3 unspecified atom stereocenters. The zero-order chi connectivity index (χ0) is 14.8. The molecule has 0 radical (unpaired) electrons. The molecule has 3 N–H and O–H groups in total. The first-order chi connectivity index (χ1) is 9.45. The normalized spacial score (nSPS) is 26.9. The van der Waals surface area contributed by atoms with E-state index in [4.69, 9.17) is 5.73 Å². The number of piperidine rings is 1. The number of carbonyl (C=O) groups is 1. The monoisotopic (exact) mass is 276 g/mol. The van der Waals surface area contributed by atoms with Crippen LogP contribution in [0.5, 0.6) is 0 Å². The molecule has 1 aromatic carbocycles. The van der Waals surface area contributed by atoms with Gasteiger partial charge in [0.25, 0.3) is 0 Å². The summed E-state index contributed by atoms with van der Waals surface area (Å²) in [5, 5.41) is 9.64. The van der Waals surface area contributed by atoms with Crippen LogP contribution in [0.2, 0.25) is 0 Å². The Morgan fingerprint density at radius 2 is 1.85 bits per heavy atom. The van der Waals surface area contributed by atoms with E-state index >= 15 is 0 Å². The average Bonchev–Trinajstić information content (AvgIpc) is 2.43. The van der Waals surface area contributed by atoms with Crippen LogP contribution in [-0.2, 0) is 10.3 Å². The number of hydrogen-bond acceptors (Lipinski definition) is 3. The molecule has 0 spiro atoms. The number of carboxylic acid groups (broad SMARTS) is 1. The van der Waals surface area contributed by atoms with E-state index < -0.39 is 11.5 Å².